The molecule has 1 amide bonds. The number of unbranched alkanes of at least 4 members (excludes halogenated alkanes) is 1. The van der Waals surface area contributed by atoms with Crippen LogP contribution < -0.4 is 81.2 Å². The van der Waals surface area contributed by atoms with Crippen LogP contribution in [0.25, 0.3) is 4.85 Å². The summed E-state index contributed by atoms with van der Waals surface area (Å²) in [6.07, 6.45) is 16.7. The first kappa shape index (κ1) is 87.6. The molecule has 0 fully saturated rings. The maximum atomic E-state index is 13.7. The van der Waals surface area contributed by atoms with Crippen molar-refractivity contribution in [2.24, 2.45) is 0 Å². The average Bonchev–Trinajstić information content (AvgIpc) is 0.734. The van der Waals surface area contributed by atoms with Crippen LogP contribution in [0.3, 0.4) is 0 Å². The number of anilines is 2. The molecule has 15 aromatic rings. The third-order valence-corrected chi connectivity index (χ3v) is 23.9. The van der Waals surface area contributed by atoms with Crippen LogP contribution in [0, 0.1) is 36.2 Å². The summed E-state index contributed by atoms with van der Waals surface area (Å²) in [7, 11) is 0. The van der Waals surface area contributed by atoms with Crippen molar-refractivity contribution in [1.82, 2.24) is 0 Å². The molecule has 2 aliphatic rings. The molecule has 0 radical (unpaired) electrons. The second-order valence-corrected chi connectivity index (χ2v) is 31.1. The summed E-state index contributed by atoms with van der Waals surface area (Å²) in [5.41, 5.74) is 19.5. The van der Waals surface area contributed by atoms with E-state index in [1.807, 2.05) is 48.6 Å². The number of halogens is 4. The van der Waals surface area contributed by atoms with Crippen LogP contribution >= 0.6 is 0 Å². The third-order valence-electron chi connectivity index (χ3n) is 23.9. The molecule has 2 N–H and O–H groups in total. The Hall–Kier alpha value is -15.2. The molecule has 0 aromatic heterocycles. The van der Waals surface area contributed by atoms with Crippen LogP contribution in [-0.4, -0.2) is 54.7 Å². The number of carbonyl (C=O) groups excluding carboxylic acids is 1. The zero-order valence-electron chi connectivity index (χ0n) is 69.5. The lowest BCUT2D eigenvalue weighted by molar-refractivity contribution is -0.135. The van der Waals surface area contributed by atoms with Gasteiger partial charge in [0, 0.05) is 35.7 Å². The first-order valence-corrected chi connectivity index (χ1v) is 42.2. The summed E-state index contributed by atoms with van der Waals surface area (Å²) in [4.78, 5) is 28.1. The van der Waals surface area contributed by atoms with E-state index in [0.29, 0.717) is 22.5 Å². The Kier molecular flexibility index (Phi) is 30.4. The highest BCUT2D eigenvalue weighted by Gasteiger charge is 2.40. The Labute approximate surface area is 732 Å². The molecular weight excluding hydrogens is 1540 g/mol. The van der Waals surface area contributed by atoms with Crippen molar-refractivity contribution in [2.75, 3.05) is 23.3 Å². The molecule has 0 saturated heterocycles. The van der Waals surface area contributed by atoms with Crippen molar-refractivity contribution in [2.45, 2.75) is 26.1 Å². The molecular formula is C111H93B4F4N3O3-2. The number of nitrogens with one attached hydrogen (secondary N) is 1. The Bertz CT molecular complexity index is 5750. The molecule has 0 heterocycles. The van der Waals surface area contributed by atoms with Gasteiger partial charge in [-0.2, -0.15) is 81.7 Å². The minimum atomic E-state index is -1.97. The van der Waals surface area contributed by atoms with Crippen LogP contribution in [0.5, 0.6) is 0 Å². The Morgan fingerprint density at radius 3 is 1.00 bits per heavy atom. The van der Waals surface area contributed by atoms with Gasteiger partial charge in [0.1, 0.15) is 36.2 Å². The Balaban J connectivity index is 0.000000135. The average molecular weight is 1640 g/mol. The fraction of sp³-hybridized carbons (Fsp3) is 0.0541. The number of nitrogens with zero attached hydrogens (tertiary/aromatic N) is 2. The number of carbonyl (C=O) groups is 2. The summed E-state index contributed by atoms with van der Waals surface area (Å²) in [5.74, 6) is -2.96. The van der Waals surface area contributed by atoms with E-state index in [1.54, 1.807) is 78.9 Å². The molecule has 15 aromatic carbocycles. The highest BCUT2D eigenvalue weighted by Crippen LogP contribution is 2.27. The van der Waals surface area contributed by atoms with Crippen molar-refractivity contribution in [1.29, 1.82) is 0 Å². The molecule has 612 valence electrons. The predicted octanol–water partition coefficient (Wildman–Crippen LogP) is 17.6. The van der Waals surface area contributed by atoms with Gasteiger partial charge >= 0.3 is 5.97 Å². The molecule has 0 unspecified atom stereocenters. The summed E-state index contributed by atoms with van der Waals surface area (Å²) in [5, 5.41) is 11.7. The van der Waals surface area contributed by atoms with Gasteiger partial charge in [-0.05, 0) is 60.7 Å². The van der Waals surface area contributed by atoms with E-state index >= 15 is 0 Å². The molecule has 0 bridgehead atoms. The minimum Gasteiger partial charge on any atom is -0.480 e. The maximum Gasteiger partial charge on any atom is 0.323 e. The van der Waals surface area contributed by atoms with Crippen LogP contribution in [0.4, 0.5) is 34.6 Å². The highest BCUT2D eigenvalue weighted by molar-refractivity contribution is 7.20. The van der Waals surface area contributed by atoms with Crippen molar-refractivity contribution in [3.8, 4) is 0 Å². The number of rotatable bonds is 24. The van der Waals surface area contributed by atoms with Gasteiger partial charge < -0.3 is 15.3 Å². The molecule has 125 heavy (non-hydrogen) atoms. The van der Waals surface area contributed by atoms with Crippen LogP contribution in [0.15, 0.2) is 490 Å². The van der Waals surface area contributed by atoms with Gasteiger partial charge in [0.05, 0.1) is 43.6 Å². The summed E-state index contributed by atoms with van der Waals surface area (Å²) >= 11 is 0. The number of allylic oxidation sites excluding steroid dienone is 12. The SMILES string of the molecule is CCCC[B-](c1ccccc1)(c1ccccc1)c1ccccc1.FC1=[C+]C=C([B-](c2ccc(F)cc2)(c2ccc(F)cc2)c2ccc(F)cc2)C=C1.O=C(O)CN(CC(=O)Nc1ccccc1)c1ccccc1.[C-]#[N+]c1ccc([B-](C2=CC=C[C+]=C2)(c2ccccc2)c2ccccc2)cc1.c1ccc([B-](c2ccccc2)(c2ccccc2)c2ccccc2)cc1. The molecule has 0 spiro atoms. The Morgan fingerprint density at radius 1 is 0.376 bits per heavy atom. The lowest BCUT2D eigenvalue weighted by atomic mass is 9.12. The predicted molar refractivity (Wildman–Crippen MR) is 519 cm³/mol. The Morgan fingerprint density at radius 2 is 0.688 bits per heavy atom. The van der Waals surface area contributed by atoms with E-state index in [9.17, 15) is 27.2 Å². The van der Waals surface area contributed by atoms with Gasteiger partial charge in [0.15, 0.2) is 18.0 Å². The zero-order chi connectivity index (χ0) is 87.0. The van der Waals surface area contributed by atoms with Crippen molar-refractivity contribution in [3.63, 3.8) is 0 Å². The van der Waals surface area contributed by atoms with Crippen molar-refractivity contribution in [3.05, 3.63) is 531 Å². The second kappa shape index (κ2) is 43.3. The van der Waals surface area contributed by atoms with Gasteiger partial charge in [-0.25, -0.2) is 18.0 Å². The van der Waals surface area contributed by atoms with Gasteiger partial charge in [-0.3, -0.25) is 9.59 Å². The maximum absolute atomic E-state index is 13.7. The number of carboxylic acids is 1. The third kappa shape index (κ3) is 20.9. The van der Waals surface area contributed by atoms with E-state index in [4.69, 9.17) is 11.7 Å². The fourth-order valence-electron chi connectivity index (χ4n) is 18.2. The van der Waals surface area contributed by atoms with Gasteiger partial charge in [0.2, 0.25) is 5.91 Å². The number of carboxylic acid groups (broad SMARTS) is 1. The minimum absolute atomic E-state index is 0.0226. The van der Waals surface area contributed by atoms with E-state index in [1.165, 1.54) is 133 Å². The van der Waals surface area contributed by atoms with Gasteiger partial charge in [-0.15, -0.1) is 12.1 Å². The smallest absolute Gasteiger partial charge is 0.323 e. The molecule has 17 rings (SSSR count). The first-order valence-electron chi connectivity index (χ1n) is 42.2. The largest absolute Gasteiger partial charge is 0.480 e. The van der Waals surface area contributed by atoms with Crippen LogP contribution in [-0.2, 0) is 9.59 Å². The molecule has 2 aliphatic carbocycles. The topological polar surface area (TPSA) is 74.0 Å². The van der Waals surface area contributed by atoms with Crippen molar-refractivity contribution >= 4 is 125 Å². The van der Waals surface area contributed by atoms with E-state index < -0.39 is 53.8 Å². The molecule has 6 nitrogen and oxygen atoms in total. The number of amides is 1. The van der Waals surface area contributed by atoms with Crippen LogP contribution in [0.1, 0.15) is 19.8 Å². The lowest BCUT2D eigenvalue weighted by Crippen LogP contribution is -2.74. The second-order valence-electron chi connectivity index (χ2n) is 31.1. The van der Waals surface area contributed by atoms with Gasteiger partial charge in [0.25, 0.3) is 5.83 Å². The molecule has 0 aliphatic heterocycles. The monoisotopic (exact) mass is 1640 g/mol. The number of hydrogen-bond donors (Lipinski definition) is 2. The zero-order valence-corrected chi connectivity index (χ0v) is 69.5. The summed E-state index contributed by atoms with van der Waals surface area (Å²) in [6.45, 7) is 9.31. The quantitative estimate of drug-likeness (QED) is 0.0359. The summed E-state index contributed by atoms with van der Waals surface area (Å²) < 4.78 is 54.7. The fourth-order valence-corrected chi connectivity index (χ4v) is 18.2. The number of aliphatic carboxylic acids is 1. The molecule has 0 atom stereocenters. The number of benzene rings is 15. The van der Waals surface area contributed by atoms with Gasteiger partial charge in [-0.1, -0.05) is 389 Å². The van der Waals surface area contributed by atoms with E-state index in [-0.39, 0.29) is 19.0 Å². The van der Waals surface area contributed by atoms with E-state index in [2.05, 4.69) is 327 Å². The van der Waals surface area contributed by atoms with Crippen molar-refractivity contribution < 1.29 is 32.3 Å². The molecule has 0 saturated carbocycles. The van der Waals surface area contributed by atoms with E-state index in [0.717, 1.165) is 16.4 Å². The highest BCUT2D eigenvalue weighted by atomic mass is 19.1. The van der Waals surface area contributed by atoms with Crippen LogP contribution in [0.2, 0.25) is 6.32 Å². The standard InChI is InChI=1S/C25H18BN.C24H15BF4.C24H20B.C22H24B.C16H16N2O3/c1-27-25-19-17-24(18-20-25)26(21-11-5-2-6-12-21,22-13-7-3-8-14-22)23-15-9-4-10-16-23;26-21-9-1-17(2-10-21)25(18-3-11-22(27)12-4-18,19-5-13-23(28)14-6-19)20-7-15-24(29)16-8-20;1-5-13-21(14-6-1)25(22-15-7-2-8-16-22,23-17-9-3-10-18-23)24-19-11-4-12-20-24;1-2-3-19-23(20-13-7-4-8-14-20,21-15-9-5-10-16-21)22-17-11-6-12-18-22;19-15(17-13-7-3-1-4-8-13)11-18(12-16(20)21)14-9-5-2-6-10-14/h2-9,11-20H;1-15H;1-20H;4-18H,2-3,19H2,1H3;1-10H,11-12H2,(H,17,19)(H,20,21)/q;;2*-1;. The number of hydrogen-bond acceptors (Lipinski definition) is 3. The summed E-state index contributed by atoms with van der Waals surface area (Å²) in [6, 6.07) is 142. The number of para-hydroxylation sites is 2. The lowest BCUT2D eigenvalue weighted by Gasteiger charge is -2.44. The first-order chi connectivity index (χ1) is 61.3. The molecule has 14 heteroatoms. The normalized spacial score (nSPS) is 11.9.